The molecule has 3 aromatic rings. The lowest BCUT2D eigenvalue weighted by Crippen LogP contribution is -2.53. The third kappa shape index (κ3) is 7.91. The fourth-order valence-electron chi connectivity index (χ4n) is 4.05. The summed E-state index contributed by atoms with van der Waals surface area (Å²) in [6.07, 6.45) is 1.01. The maximum absolute atomic E-state index is 14.1. The maximum Gasteiger partial charge on any atom is 0.264 e. The van der Waals surface area contributed by atoms with Gasteiger partial charge in [-0.15, -0.1) is 0 Å². The van der Waals surface area contributed by atoms with Crippen LogP contribution in [0.15, 0.2) is 77.7 Å². The second-order valence-corrected chi connectivity index (χ2v) is 12.4. The molecule has 7 nitrogen and oxygen atoms in total. The molecular formula is C29H32Cl3N3O4S. The lowest BCUT2D eigenvalue weighted by Gasteiger charge is -2.34. The average Bonchev–Trinajstić information content (AvgIpc) is 2.93. The molecule has 3 rings (SSSR count). The van der Waals surface area contributed by atoms with E-state index in [2.05, 4.69) is 5.32 Å². The number of hydrogen-bond donors (Lipinski definition) is 1. The molecule has 0 aliphatic rings. The van der Waals surface area contributed by atoms with E-state index in [4.69, 9.17) is 34.8 Å². The Morgan fingerprint density at radius 3 is 2.08 bits per heavy atom. The number of carbonyl (C=O) groups excluding carboxylic acids is 2. The first-order valence-corrected chi connectivity index (χ1v) is 15.4. The third-order valence-corrected chi connectivity index (χ3v) is 9.09. The fourth-order valence-corrected chi connectivity index (χ4v) is 6.06. The first kappa shape index (κ1) is 31.7. The summed E-state index contributed by atoms with van der Waals surface area (Å²) in [7, 11) is -4.18. The van der Waals surface area contributed by atoms with Crippen LogP contribution in [0.25, 0.3) is 0 Å². The Kier molecular flexibility index (Phi) is 11.3. The van der Waals surface area contributed by atoms with Crippen molar-refractivity contribution in [2.24, 2.45) is 0 Å². The number of carbonyl (C=O) groups is 2. The summed E-state index contributed by atoms with van der Waals surface area (Å²) in [5, 5.41) is 4.08. The molecule has 214 valence electrons. The van der Waals surface area contributed by atoms with E-state index in [0.717, 1.165) is 4.31 Å². The number of para-hydroxylation sites is 1. The monoisotopic (exact) mass is 623 g/mol. The van der Waals surface area contributed by atoms with Gasteiger partial charge in [0.25, 0.3) is 10.0 Å². The van der Waals surface area contributed by atoms with Crippen LogP contribution in [0.2, 0.25) is 15.1 Å². The first-order valence-electron chi connectivity index (χ1n) is 12.8. The molecule has 0 fully saturated rings. The van der Waals surface area contributed by atoms with Crippen LogP contribution >= 0.6 is 34.8 Å². The Morgan fingerprint density at radius 2 is 1.50 bits per heavy atom. The zero-order chi connectivity index (χ0) is 29.4. The SMILES string of the molecule is CC[C@H](C(=O)N[C@@H](C)CC)N(Cc1ccc(Cl)cc1Cl)C(=O)CN(c1ccccc1)S(=O)(=O)c1ccc(Cl)cc1. The number of amides is 2. The Balaban J connectivity index is 2.06. The Bertz CT molecular complexity index is 1420. The highest BCUT2D eigenvalue weighted by atomic mass is 35.5. The standard InChI is InChI=1S/C29H32Cl3N3O4S/c1-4-20(3)33-29(37)27(5-2)34(18-21-11-12-23(31)17-26(21)32)28(36)19-35(24-9-7-6-8-10-24)40(38,39)25-15-13-22(30)14-16-25/h6-17,20,27H,4-5,18-19H2,1-3H3,(H,33,37)/t20-,27+/m0/s1. The van der Waals surface area contributed by atoms with Crippen molar-refractivity contribution < 1.29 is 18.0 Å². The van der Waals surface area contributed by atoms with Gasteiger partial charge in [-0.05, 0) is 73.9 Å². The molecule has 0 heterocycles. The molecule has 2 atom stereocenters. The highest BCUT2D eigenvalue weighted by molar-refractivity contribution is 7.92. The molecule has 0 saturated carbocycles. The molecule has 1 N–H and O–H groups in total. The number of nitrogens with zero attached hydrogens (tertiary/aromatic N) is 2. The van der Waals surface area contributed by atoms with Gasteiger partial charge in [-0.3, -0.25) is 13.9 Å². The second kappa shape index (κ2) is 14.2. The van der Waals surface area contributed by atoms with Gasteiger partial charge in [0.2, 0.25) is 11.8 Å². The minimum atomic E-state index is -4.18. The van der Waals surface area contributed by atoms with Crippen LogP contribution in [-0.2, 0) is 26.2 Å². The van der Waals surface area contributed by atoms with Gasteiger partial charge in [0.15, 0.2) is 0 Å². The van der Waals surface area contributed by atoms with Gasteiger partial charge in [-0.25, -0.2) is 8.42 Å². The van der Waals surface area contributed by atoms with E-state index in [1.54, 1.807) is 55.5 Å². The van der Waals surface area contributed by atoms with Gasteiger partial charge in [-0.1, -0.05) is 72.9 Å². The van der Waals surface area contributed by atoms with E-state index in [9.17, 15) is 18.0 Å². The van der Waals surface area contributed by atoms with Crippen LogP contribution in [0.5, 0.6) is 0 Å². The zero-order valence-electron chi connectivity index (χ0n) is 22.5. The summed E-state index contributed by atoms with van der Waals surface area (Å²) in [5.41, 5.74) is 0.869. The van der Waals surface area contributed by atoms with Crippen molar-refractivity contribution in [2.75, 3.05) is 10.8 Å². The molecule has 0 saturated heterocycles. The smallest absolute Gasteiger partial charge is 0.264 e. The van der Waals surface area contributed by atoms with Gasteiger partial charge in [0, 0.05) is 27.7 Å². The zero-order valence-corrected chi connectivity index (χ0v) is 25.6. The van der Waals surface area contributed by atoms with Crippen molar-refractivity contribution in [3.05, 3.63) is 93.4 Å². The predicted molar refractivity (Wildman–Crippen MR) is 161 cm³/mol. The van der Waals surface area contributed by atoms with Crippen LogP contribution < -0.4 is 9.62 Å². The molecule has 0 aromatic heterocycles. The second-order valence-electron chi connectivity index (χ2n) is 9.30. The molecule has 40 heavy (non-hydrogen) atoms. The van der Waals surface area contributed by atoms with Crippen molar-refractivity contribution >= 4 is 62.3 Å². The minimum absolute atomic E-state index is 0.0229. The number of rotatable bonds is 12. The Morgan fingerprint density at radius 1 is 0.875 bits per heavy atom. The quantitative estimate of drug-likeness (QED) is 0.247. The molecule has 0 aliphatic carbocycles. The summed E-state index contributed by atoms with van der Waals surface area (Å²) >= 11 is 18.5. The van der Waals surface area contributed by atoms with E-state index in [0.29, 0.717) is 39.2 Å². The molecule has 0 spiro atoms. The number of anilines is 1. The van der Waals surface area contributed by atoms with Crippen molar-refractivity contribution in [1.82, 2.24) is 10.2 Å². The highest BCUT2D eigenvalue weighted by Crippen LogP contribution is 2.27. The van der Waals surface area contributed by atoms with Crippen LogP contribution in [-0.4, -0.2) is 43.8 Å². The largest absolute Gasteiger partial charge is 0.352 e. The third-order valence-electron chi connectivity index (χ3n) is 6.47. The highest BCUT2D eigenvalue weighted by Gasteiger charge is 2.34. The van der Waals surface area contributed by atoms with E-state index in [-0.39, 0.29) is 23.4 Å². The van der Waals surface area contributed by atoms with Gasteiger partial charge in [0.05, 0.1) is 10.6 Å². The van der Waals surface area contributed by atoms with Crippen molar-refractivity contribution in [2.45, 2.75) is 57.1 Å². The van der Waals surface area contributed by atoms with E-state index in [1.807, 2.05) is 13.8 Å². The van der Waals surface area contributed by atoms with Crippen LogP contribution in [0.1, 0.15) is 39.2 Å². The molecule has 0 radical (unpaired) electrons. The number of benzene rings is 3. The molecule has 0 unspecified atom stereocenters. The summed E-state index contributed by atoms with van der Waals surface area (Å²) < 4.78 is 28.6. The normalized spacial score (nSPS) is 12.8. The molecule has 3 aromatic carbocycles. The van der Waals surface area contributed by atoms with Gasteiger partial charge < -0.3 is 10.2 Å². The topological polar surface area (TPSA) is 86.8 Å². The van der Waals surface area contributed by atoms with Crippen LogP contribution in [0.4, 0.5) is 5.69 Å². The van der Waals surface area contributed by atoms with E-state index >= 15 is 0 Å². The van der Waals surface area contributed by atoms with Crippen molar-refractivity contribution in [3.8, 4) is 0 Å². The average molecular weight is 625 g/mol. The lowest BCUT2D eigenvalue weighted by atomic mass is 10.1. The predicted octanol–water partition coefficient (Wildman–Crippen LogP) is 6.56. The number of halogens is 3. The van der Waals surface area contributed by atoms with E-state index < -0.39 is 28.5 Å². The minimum Gasteiger partial charge on any atom is -0.352 e. The summed E-state index contributed by atoms with van der Waals surface area (Å²) in [4.78, 5) is 28.7. The van der Waals surface area contributed by atoms with Crippen LogP contribution in [0.3, 0.4) is 0 Å². The Labute approximate surface area is 251 Å². The van der Waals surface area contributed by atoms with E-state index in [1.165, 1.54) is 29.2 Å². The van der Waals surface area contributed by atoms with Gasteiger partial charge in [-0.2, -0.15) is 0 Å². The summed E-state index contributed by atoms with van der Waals surface area (Å²) in [5.74, 6) is -0.902. The van der Waals surface area contributed by atoms with Gasteiger partial charge in [0.1, 0.15) is 12.6 Å². The number of sulfonamides is 1. The summed E-state index contributed by atoms with van der Waals surface area (Å²) in [6.45, 7) is 5.05. The molecule has 0 aliphatic heterocycles. The lowest BCUT2D eigenvalue weighted by molar-refractivity contribution is -0.140. The molecule has 2 amide bonds. The molecule has 11 heteroatoms. The van der Waals surface area contributed by atoms with Crippen molar-refractivity contribution in [3.63, 3.8) is 0 Å². The molecule has 0 bridgehead atoms. The fraction of sp³-hybridized carbons (Fsp3) is 0.310. The summed E-state index contributed by atoms with van der Waals surface area (Å²) in [6, 6.07) is 18.0. The van der Waals surface area contributed by atoms with Crippen molar-refractivity contribution in [1.29, 1.82) is 0 Å². The number of nitrogens with one attached hydrogen (secondary N) is 1. The van der Waals surface area contributed by atoms with Crippen LogP contribution in [0, 0.1) is 0 Å². The Hall–Kier alpha value is -2.78. The van der Waals surface area contributed by atoms with Gasteiger partial charge >= 0.3 is 0 Å². The number of hydrogen-bond acceptors (Lipinski definition) is 4. The maximum atomic E-state index is 14.1. The first-order chi connectivity index (χ1) is 19.0. The molecular weight excluding hydrogens is 593 g/mol.